The van der Waals surface area contributed by atoms with Crippen LogP contribution in [0.5, 0.6) is 0 Å². The number of fused-ring (bicyclic) bond motifs is 1. The molecule has 1 saturated carbocycles. The van der Waals surface area contributed by atoms with Gasteiger partial charge in [-0.2, -0.15) is 5.01 Å². The summed E-state index contributed by atoms with van der Waals surface area (Å²) in [5.74, 6) is -3.52. The summed E-state index contributed by atoms with van der Waals surface area (Å²) in [5.41, 5.74) is -0.275. The lowest BCUT2D eigenvalue weighted by Crippen LogP contribution is -2.52. The van der Waals surface area contributed by atoms with Gasteiger partial charge in [0.2, 0.25) is 0 Å². The minimum Gasteiger partial charge on any atom is -0.292 e. The van der Waals surface area contributed by atoms with Crippen LogP contribution in [-0.4, -0.2) is 45.0 Å². The van der Waals surface area contributed by atoms with Gasteiger partial charge in [0.05, 0.1) is 27.3 Å². The molecule has 2 aromatic rings. The summed E-state index contributed by atoms with van der Waals surface area (Å²) in [6.07, 6.45) is 2.69. The molecule has 9 nitrogen and oxygen atoms in total. The number of amides is 3. The van der Waals surface area contributed by atoms with Crippen LogP contribution < -0.4 is 0 Å². The number of hydrazine groups is 1. The fourth-order valence-corrected chi connectivity index (χ4v) is 4.63. The molecule has 2 atom stereocenters. The lowest BCUT2D eigenvalue weighted by Gasteiger charge is -2.30. The summed E-state index contributed by atoms with van der Waals surface area (Å²) >= 11 is 6.18. The summed E-state index contributed by atoms with van der Waals surface area (Å²) in [4.78, 5) is 63.2. The van der Waals surface area contributed by atoms with Crippen molar-refractivity contribution in [2.75, 3.05) is 6.54 Å². The number of carbonyl (C=O) groups excluding carboxylic acids is 4. The van der Waals surface area contributed by atoms with Gasteiger partial charge in [-0.15, -0.1) is 0 Å². The summed E-state index contributed by atoms with van der Waals surface area (Å²) in [7, 11) is 0. The van der Waals surface area contributed by atoms with Gasteiger partial charge >= 0.3 is 0 Å². The molecule has 2 aliphatic rings. The van der Waals surface area contributed by atoms with Crippen LogP contribution in [0.1, 0.15) is 46.4 Å². The third kappa shape index (κ3) is 4.23. The average molecular weight is 470 g/mol. The molecule has 33 heavy (non-hydrogen) atoms. The molecular formula is C23H20ClN3O6. The van der Waals surface area contributed by atoms with E-state index in [0.29, 0.717) is 12.8 Å². The van der Waals surface area contributed by atoms with E-state index in [2.05, 4.69) is 0 Å². The molecule has 0 aromatic heterocycles. The number of nitrogens with zero attached hydrogens (tertiary/aromatic N) is 3. The molecule has 0 unspecified atom stereocenters. The summed E-state index contributed by atoms with van der Waals surface area (Å²) in [5, 5.41) is 12.8. The molecule has 2 aromatic carbocycles. The maximum absolute atomic E-state index is 13.4. The molecule has 170 valence electrons. The highest BCUT2D eigenvalue weighted by Crippen LogP contribution is 2.39. The number of halogens is 1. The highest BCUT2D eigenvalue weighted by atomic mass is 35.5. The number of ketones is 1. The fraction of sp³-hybridized carbons (Fsp3) is 0.304. The Labute approximate surface area is 194 Å². The van der Waals surface area contributed by atoms with Crippen LogP contribution in [0.4, 0.5) is 5.69 Å². The van der Waals surface area contributed by atoms with Crippen molar-refractivity contribution in [3.63, 3.8) is 0 Å². The van der Waals surface area contributed by atoms with E-state index in [1.165, 1.54) is 30.3 Å². The molecule has 1 aliphatic heterocycles. The molecule has 1 saturated heterocycles. The molecule has 1 aliphatic carbocycles. The van der Waals surface area contributed by atoms with E-state index >= 15 is 0 Å². The Morgan fingerprint density at radius 1 is 1.03 bits per heavy atom. The fourth-order valence-electron chi connectivity index (χ4n) is 4.41. The molecule has 0 spiro atoms. The Morgan fingerprint density at radius 2 is 1.67 bits per heavy atom. The highest BCUT2D eigenvalue weighted by Gasteiger charge is 2.52. The van der Waals surface area contributed by atoms with E-state index in [4.69, 9.17) is 11.6 Å². The Hall–Kier alpha value is -3.59. The number of carbonyl (C=O) groups is 4. The smallest absolute Gasteiger partial charge is 0.274 e. The van der Waals surface area contributed by atoms with Crippen molar-refractivity contribution in [2.45, 2.75) is 25.7 Å². The van der Waals surface area contributed by atoms with Crippen LogP contribution in [0.25, 0.3) is 0 Å². The van der Waals surface area contributed by atoms with Crippen molar-refractivity contribution in [1.29, 1.82) is 0 Å². The van der Waals surface area contributed by atoms with Crippen LogP contribution in [0, 0.1) is 22.0 Å². The second-order valence-electron chi connectivity index (χ2n) is 8.06. The number of Topliss-reactive ketones (excluding diaryl/α,β-unsaturated/α-hetero) is 1. The minimum absolute atomic E-state index is 0.0160. The first-order chi connectivity index (χ1) is 15.8. The maximum atomic E-state index is 13.4. The monoisotopic (exact) mass is 469 g/mol. The average Bonchev–Trinajstić information content (AvgIpc) is 3.07. The number of nitro benzene ring substituents is 1. The Bertz CT molecular complexity index is 1140. The summed E-state index contributed by atoms with van der Waals surface area (Å²) in [6.45, 7) is -0.651. The first-order valence-corrected chi connectivity index (χ1v) is 10.9. The predicted octanol–water partition coefficient (Wildman–Crippen LogP) is 3.66. The Balaban J connectivity index is 1.71. The van der Waals surface area contributed by atoms with Crippen LogP contribution >= 0.6 is 11.6 Å². The molecule has 0 bridgehead atoms. The molecule has 1 heterocycles. The van der Waals surface area contributed by atoms with Gasteiger partial charge in [-0.05, 0) is 25.0 Å². The van der Waals surface area contributed by atoms with Crippen molar-refractivity contribution < 1.29 is 24.1 Å². The van der Waals surface area contributed by atoms with Gasteiger partial charge in [-0.25, -0.2) is 5.01 Å². The summed E-state index contributed by atoms with van der Waals surface area (Å²) < 4.78 is 0. The van der Waals surface area contributed by atoms with E-state index in [-0.39, 0.29) is 21.8 Å². The van der Waals surface area contributed by atoms with E-state index in [9.17, 15) is 29.3 Å². The zero-order valence-corrected chi connectivity index (χ0v) is 18.2. The SMILES string of the molecule is O=C(CN(C(=O)c1ccccc1Cl)N1C(=O)[C@@H]2CCCC[C@H]2C1=O)c1cccc([N+](=O)[O-])c1. The maximum Gasteiger partial charge on any atom is 0.274 e. The molecule has 4 rings (SSSR count). The zero-order valence-electron chi connectivity index (χ0n) is 17.5. The van der Waals surface area contributed by atoms with E-state index < -0.39 is 46.8 Å². The molecule has 0 N–H and O–H groups in total. The van der Waals surface area contributed by atoms with Crippen LogP contribution in [0.15, 0.2) is 48.5 Å². The van der Waals surface area contributed by atoms with Gasteiger partial charge in [-0.3, -0.25) is 29.3 Å². The van der Waals surface area contributed by atoms with Gasteiger partial charge in [0.25, 0.3) is 23.4 Å². The number of hydrogen-bond donors (Lipinski definition) is 0. The molecule has 2 fully saturated rings. The second kappa shape index (κ2) is 9.11. The van der Waals surface area contributed by atoms with Crippen molar-refractivity contribution in [3.8, 4) is 0 Å². The minimum atomic E-state index is -0.778. The quantitative estimate of drug-likeness (QED) is 0.276. The van der Waals surface area contributed by atoms with Crippen molar-refractivity contribution >= 4 is 40.8 Å². The van der Waals surface area contributed by atoms with Gasteiger partial charge in [0, 0.05) is 17.7 Å². The normalized spacial score (nSPS) is 19.8. The van der Waals surface area contributed by atoms with Gasteiger partial charge in [-0.1, -0.05) is 48.7 Å². The van der Waals surface area contributed by atoms with Crippen molar-refractivity contribution in [1.82, 2.24) is 10.0 Å². The van der Waals surface area contributed by atoms with Gasteiger partial charge in [0.1, 0.15) is 6.54 Å². The van der Waals surface area contributed by atoms with Gasteiger partial charge < -0.3 is 0 Å². The predicted molar refractivity (Wildman–Crippen MR) is 117 cm³/mol. The molecule has 10 heteroatoms. The van der Waals surface area contributed by atoms with E-state index in [1.807, 2.05) is 0 Å². The standard InChI is InChI=1S/C23H20ClN3O6/c24-19-11-4-3-10-18(19)21(29)25(13-20(28)14-6-5-7-15(12-14)27(32)33)26-22(30)16-8-1-2-9-17(16)23(26)31/h3-7,10-12,16-17H,1-2,8-9,13H2/t16-,17-/m1/s1. The third-order valence-electron chi connectivity index (χ3n) is 6.07. The van der Waals surface area contributed by atoms with E-state index in [1.54, 1.807) is 12.1 Å². The second-order valence-corrected chi connectivity index (χ2v) is 8.47. The van der Waals surface area contributed by atoms with Crippen LogP contribution in [0.2, 0.25) is 5.02 Å². The lowest BCUT2D eigenvalue weighted by molar-refractivity contribution is -0.384. The number of non-ortho nitro benzene ring substituents is 1. The first kappa shape index (κ1) is 22.6. The highest BCUT2D eigenvalue weighted by molar-refractivity contribution is 6.34. The number of rotatable bonds is 6. The Morgan fingerprint density at radius 3 is 2.27 bits per heavy atom. The van der Waals surface area contributed by atoms with Crippen LogP contribution in [0.3, 0.4) is 0 Å². The number of nitro groups is 1. The van der Waals surface area contributed by atoms with E-state index in [0.717, 1.165) is 28.9 Å². The first-order valence-electron chi connectivity index (χ1n) is 10.5. The lowest BCUT2D eigenvalue weighted by atomic mass is 9.81. The number of hydrogen-bond acceptors (Lipinski definition) is 6. The third-order valence-corrected chi connectivity index (χ3v) is 6.40. The van der Waals surface area contributed by atoms with Crippen molar-refractivity contribution in [2.24, 2.45) is 11.8 Å². The summed E-state index contributed by atoms with van der Waals surface area (Å²) in [6, 6.07) is 11.2. The molecule has 0 radical (unpaired) electrons. The number of imide groups is 1. The number of benzene rings is 2. The molecular weight excluding hydrogens is 450 g/mol. The van der Waals surface area contributed by atoms with Gasteiger partial charge in [0.15, 0.2) is 5.78 Å². The topological polar surface area (TPSA) is 118 Å². The largest absolute Gasteiger partial charge is 0.292 e. The zero-order chi connectivity index (χ0) is 23.7. The van der Waals surface area contributed by atoms with Crippen LogP contribution in [-0.2, 0) is 9.59 Å². The Kier molecular flexibility index (Phi) is 6.24. The van der Waals surface area contributed by atoms with Crippen molar-refractivity contribution in [3.05, 3.63) is 74.8 Å². The molecule has 3 amide bonds.